The van der Waals surface area contributed by atoms with Crippen molar-refractivity contribution >= 4 is 41.6 Å². The molecule has 0 spiro atoms. The van der Waals surface area contributed by atoms with E-state index in [1.807, 2.05) is 30.3 Å². The summed E-state index contributed by atoms with van der Waals surface area (Å²) in [6.07, 6.45) is 0.752. The molecule has 3 rings (SSSR count). The van der Waals surface area contributed by atoms with Gasteiger partial charge in [0.25, 0.3) is 5.91 Å². The predicted molar refractivity (Wildman–Crippen MR) is 115 cm³/mol. The van der Waals surface area contributed by atoms with Crippen LogP contribution in [-0.4, -0.2) is 49.6 Å². The van der Waals surface area contributed by atoms with Gasteiger partial charge in [0.15, 0.2) is 0 Å². The highest BCUT2D eigenvalue weighted by atomic mass is 35.5. The molecule has 0 radical (unpaired) electrons. The number of halogens is 2. The second kappa shape index (κ2) is 10.3. The summed E-state index contributed by atoms with van der Waals surface area (Å²) in [5.41, 5.74) is 7.92. The second-order valence-electron chi connectivity index (χ2n) is 6.37. The number of nitrogens with zero attached hydrogens (tertiary/aromatic N) is 2. The van der Waals surface area contributed by atoms with Crippen LogP contribution in [0.5, 0.6) is 0 Å². The van der Waals surface area contributed by atoms with Crippen molar-refractivity contribution in [1.82, 2.24) is 10.2 Å². The standard InChI is InChI=1S/C20H23ClN4O2.ClH/c21-17-7-6-16(14-18(17)25-13-10-23-20(25)27)19(26)24(12-9-22)11-8-15-4-2-1-3-5-15;/h1-7,14H,8-13,22H2,(H,23,27);1H. The van der Waals surface area contributed by atoms with Crippen molar-refractivity contribution in [2.75, 3.05) is 37.6 Å². The van der Waals surface area contributed by atoms with Crippen LogP contribution in [0, 0.1) is 0 Å². The van der Waals surface area contributed by atoms with Gasteiger partial charge in [0.2, 0.25) is 0 Å². The number of nitrogens with two attached hydrogens (primary N) is 1. The molecule has 0 aliphatic carbocycles. The zero-order valence-corrected chi connectivity index (χ0v) is 17.0. The molecule has 0 saturated carbocycles. The average Bonchev–Trinajstić information content (AvgIpc) is 3.11. The minimum absolute atomic E-state index is 0. The third kappa shape index (κ3) is 5.16. The molecule has 1 aliphatic rings. The minimum Gasteiger partial charge on any atom is -0.337 e. The lowest BCUT2D eigenvalue weighted by Crippen LogP contribution is -2.37. The van der Waals surface area contributed by atoms with Gasteiger partial charge in [0.05, 0.1) is 10.7 Å². The summed E-state index contributed by atoms with van der Waals surface area (Å²) in [5.74, 6) is -0.117. The first-order valence-corrected chi connectivity index (χ1v) is 9.36. The Morgan fingerprint density at radius 3 is 2.57 bits per heavy atom. The van der Waals surface area contributed by atoms with Crippen LogP contribution < -0.4 is 16.0 Å². The summed E-state index contributed by atoms with van der Waals surface area (Å²) in [5, 5.41) is 3.18. The summed E-state index contributed by atoms with van der Waals surface area (Å²) >= 11 is 6.26. The SMILES string of the molecule is Cl.NCCN(CCc1ccccc1)C(=O)c1ccc(Cl)c(N2CCNC2=O)c1. The number of rotatable bonds is 7. The maximum absolute atomic E-state index is 13.0. The second-order valence-corrected chi connectivity index (χ2v) is 6.77. The fourth-order valence-corrected chi connectivity index (χ4v) is 3.34. The number of amides is 3. The van der Waals surface area contributed by atoms with Gasteiger partial charge in [-0.05, 0) is 30.2 Å². The summed E-state index contributed by atoms with van der Waals surface area (Å²) < 4.78 is 0. The normalized spacial score (nSPS) is 13.1. The molecule has 28 heavy (non-hydrogen) atoms. The fraction of sp³-hybridized carbons (Fsp3) is 0.300. The van der Waals surface area contributed by atoms with Crippen LogP contribution in [0.15, 0.2) is 48.5 Å². The van der Waals surface area contributed by atoms with Gasteiger partial charge in [-0.3, -0.25) is 9.69 Å². The molecule has 3 N–H and O–H groups in total. The van der Waals surface area contributed by atoms with Gasteiger partial charge < -0.3 is 16.0 Å². The Morgan fingerprint density at radius 1 is 1.18 bits per heavy atom. The molecule has 8 heteroatoms. The number of carbonyl (C=O) groups is 2. The van der Waals surface area contributed by atoms with Crippen molar-refractivity contribution in [2.45, 2.75) is 6.42 Å². The Hall–Kier alpha value is -2.28. The number of urea groups is 1. The van der Waals surface area contributed by atoms with Crippen molar-refractivity contribution in [2.24, 2.45) is 5.73 Å². The maximum atomic E-state index is 13.0. The maximum Gasteiger partial charge on any atom is 0.322 e. The Kier molecular flexibility index (Phi) is 8.11. The molecule has 6 nitrogen and oxygen atoms in total. The molecule has 1 heterocycles. The molecule has 2 aromatic rings. The third-order valence-electron chi connectivity index (χ3n) is 4.54. The first-order valence-electron chi connectivity index (χ1n) is 8.98. The van der Waals surface area contributed by atoms with Gasteiger partial charge in [-0.15, -0.1) is 12.4 Å². The van der Waals surface area contributed by atoms with Gasteiger partial charge in [0.1, 0.15) is 0 Å². The number of nitrogens with one attached hydrogen (secondary N) is 1. The van der Waals surface area contributed by atoms with E-state index in [2.05, 4.69) is 5.32 Å². The summed E-state index contributed by atoms with van der Waals surface area (Å²) in [4.78, 5) is 28.3. The van der Waals surface area contributed by atoms with Crippen LogP contribution in [0.2, 0.25) is 5.02 Å². The van der Waals surface area contributed by atoms with Crippen molar-refractivity contribution in [3.05, 3.63) is 64.7 Å². The molecule has 3 amide bonds. The Balaban J connectivity index is 0.00000280. The van der Waals surface area contributed by atoms with Crippen LogP contribution >= 0.6 is 24.0 Å². The van der Waals surface area contributed by atoms with E-state index in [1.54, 1.807) is 28.0 Å². The van der Waals surface area contributed by atoms with Gasteiger partial charge in [-0.1, -0.05) is 41.9 Å². The van der Waals surface area contributed by atoms with E-state index in [-0.39, 0.29) is 24.3 Å². The number of hydrogen-bond acceptors (Lipinski definition) is 3. The summed E-state index contributed by atoms with van der Waals surface area (Å²) in [7, 11) is 0. The zero-order chi connectivity index (χ0) is 19.2. The molecule has 0 atom stereocenters. The van der Waals surface area contributed by atoms with E-state index in [0.29, 0.717) is 49.0 Å². The van der Waals surface area contributed by atoms with Crippen LogP contribution in [0.1, 0.15) is 15.9 Å². The number of benzene rings is 2. The van der Waals surface area contributed by atoms with Gasteiger partial charge in [-0.25, -0.2) is 4.79 Å². The number of hydrogen-bond donors (Lipinski definition) is 2. The molecular formula is C20H24Cl2N4O2. The molecule has 150 valence electrons. The highest BCUT2D eigenvalue weighted by molar-refractivity contribution is 6.34. The van der Waals surface area contributed by atoms with Crippen LogP contribution in [0.25, 0.3) is 0 Å². The highest BCUT2D eigenvalue weighted by Gasteiger charge is 2.25. The van der Waals surface area contributed by atoms with Gasteiger partial charge >= 0.3 is 6.03 Å². The molecule has 0 aromatic heterocycles. The monoisotopic (exact) mass is 422 g/mol. The van der Waals surface area contributed by atoms with Crippen LogP contribution in [0.4, 0.5) is 10.5 Å². The zero-order valence-electron chi connectivity index (χ0n) is 15.4. The minimum atomic E-state index is -0.204. The van der Waals surface area contributed by atoms with Crippen molar-refractivity contribution < 1.29 is 9.59 Å². The number of carbonyl (C=O) groups excluding carboxylic acids is 2. The van der Waals surface area contributed by atoms with Crippen molar-refractivity contribution in [3.8, 4) is 0 Å². The lowest BCUT2D eigenvalue weighted by atomic mass is 10.1. The lowest BCUT2D eigenvalue weighted by Gasteiger charge is -2.23. The van der Waals surface area contributed by atoms with E-state index >= 15 is 0 Å². The third-order valence-corrected chi connectivity index (χ3v) is 4.86. The fourth-order valence-electron chi connectivity index (χ4n) is 3.12. The van der Waals surface area contributed by atoms with Crippen LogP contribution in [0.3, 0.4) is 0 Å². The number of anilines is 1. The van der Waals surface area contributed by atoms with E-state index < -0.39 is 0 Å². The Labute approximate surface area is 176 Å². The largest absolute Gasteiger partial charge is 0.337 e. The molecule has 0 unspecified atom stereocenters. The smallest absolute Gasteiger partial charge is 0.322 e. The Morgan fingerprint density at radius 2 is 1.93 bits per heavy atom. The molecule has 0 bridgehead atoms. The van der Waals surface area contributed by atoms with E-state index in [0.717, 1.165) is 12.0 Å². The van der Waals surface area contributed by atoms with E-state index in [1.165, 1.54) is 0 Å². The molecular weight excluding hydrogens is 399 g/mol. The first kappa shape index (κ1) is 22.0. The molecule has 2 aromatic carbocycles. The van der Waals surface area contributed by atoms with Crippen molar-refractivity contribution in [1.29, 1.82) is 0 Å². The van der Waals surface area contributed by atoms with Crippen LogP contribution in [-0.2, 0) is 6.42 Å². The molecule has 1 aliphatic heterocycles. The van der Waals surface area contributed by atoms with E-state index in [9.17, 15) is 9.59 Å². The predicted octanol–water partition coefficient (Wildman–Crippen LogP) is 2.94. The first-order chi connectivity index (χ1) is 13.1. The summed E-state index contributed by atoms with van der Waals surface area (Å²) in [6.45, 7) is 2.51. The van der Waals surface area contributed by atoms with Gasteiger partial charge in [0, 0.05) is 38.3 Å². The van der Waals surface area contributed by atoms with Gasteiger partial charge in [-0.2, -0.15) is 0 Å². The van der Waals surface area contributed by atoms with E-state index in [4.69, 9.17) is 17.3 Å². The topological polar surface area (TPSA) is 78.7 Å². The lowest BCUT2D eigenvalue weighted by molar-refractivity contribution is 0.0762. The Bertz CT molecular complexity index is 817. The average molecular weight is 423 g/mol. The highest BCUT2D eigenvalue weighted by Crippen LogP contribution is 2.28. The quantitative estimate of drug-likeness (QED) is 0.719. The molecule has 1 fully saturated rings. The molecule has 1 saturated heterocycles. The summed E-state index contributed by atoms with van der Waals surface area (Å²) in [6, 6.07) is 14.8. The van der Waals surface area contributed by atoms with Crippen molar-refractivity contribution in [3.63, 3.8) is 0 Å².